The highest BCUT2D eigenvalue weighted by Gasteiger charge is 2.29. The zero-order valence-corrected chi connectivity index (χ0v) is 19.0. The van der Waals surface area contributed by atoms with Gasteiger partial charge >= 0.3 is 5.69 Å². The van der Waals surface area contributed by atoms with Crippen LogP contribution in [0.25, 0.3) is 22.3 Å². The van der Waals surface area contributed by atoms with Crippen molar-refractivity contribution in [2.75, 3.05) is 26.2 Å². The Bertz CT molecular complexity index is 1500. The minimum atomic E-state index is -0.128. The smallest absolute Gasteiger partial charge is 0.326 e. The fourth-order valence-corrected chi connectivity index (χ4v) is 4.85. The number of aromatic amines is 1. The number of imidazole rings is 1. The van der Waals surface area contributed by atoms with Crippen molar-refractivity contribution < 1.29 is 4.79 Å². The van der Waals surface area contributed by atoms with E-state index in [1.165, 1.54) is 0 Å². The summed E-state index contributed by atoms with van der Waals surface area (Å²) < 4.78 is 3.51. The number of carbonyl (C=O) groups excluding carboxylic acids is 1. The van der Waals surface area contributed by atoms with Crippen LogP contribution in [-0.4, -0.2) is 73.4 Å². The first kappa shape index (κ1) is 21.2. The molecule has 1 amide bonds. The van der Waals surface area contributed by atoms with Crippen molar-refractivity contribution in [3.8, 4) is 11.3 Å². The molecular weight excluding hydrogens is 444 g/mol. The van der Waals surface area contributed by atoms with Gasteiger partial charge in [-0.3, -0.25) is 24.3 Å². The van der Waals surface area contributed by atoms with Crippen LogP contribution >= 0.6 is 0 Å². The van der Waals surface area contributed by atoms with E-state index in [9.17, 15) is 9.59 Å². The molecule has 3 aromatic heterocycles. The van der Waals surface area contributed by atoms with Gasteiger partial charge in [0, 0.05) is 37.1 Å². The van der Waals surface area contributed by atoms with E-state index in [2.05, 4.69) is 25.1 Å². The molecule has 2 aliphatic heterocycles. The Morgan fingerprint density at radius 2 is 1.83 bits per heavy atom. The predicted octanol–water partition coefficient (Wildman–Crippen LogP) is 2.40. The number of amides is 1. The summed E-state index contributed by atoms with van der Waals surface area (Å²) in [5.41, 5.74) is 3.65. The Kier molecular flexibility index (Phi) is 5.32. The molecule has 1 N–H and O–H groups in total. The molecule has 0 unspecified atom stereocenters. The summed E-state index contributed by atoms with van der Waals surface area (Å²) in [6.45, 7) is 2.34. The van der Waals surface area contributed by atoms with E-state index in [-0.39, 0.29) is 17.6 Å². The molecule has 1 aromatic carbocycles. The number of nitrogens with one attached hydrogen (secondary N) is 1. The van der Waals surface area contributed by atoms with E-state index >= 15 is 0 Å². The Morgan fingerprint density at radius 1 is 1.03 bits per heavy atom. The first-order valence-electron chi connectivity index (χ1n) is 11.7. The van der Waals surface area contributed by atoms with E-state index in [0.29, 0.717) is 50.6 Å². The number of aromatic nitrogens is 5. The molecule has 0 radical (unpaired) electrons. The summed E-state index contributed by atoms with van der Waals surface area (Å²) in [6.07, 6.45) is 6.51. The van der Waals surface area contributed by atoms with E-state index in [4.69, 9.17) is 0 Å². The molecule has 176 valence electrons. The number of hydrogen-bond acceptors (Lipinski definition) is 6. The maximum absolute atomic E-state index is 13.4. The van der Waals surface area contributed by atoms with Gasteiger partial charge in [-0.2, -0.15) is 5.10 Å². The lowest BCUT2D eigenvalue weighted by Gasteiger charge is -2.32. The molecule has 1 saturated heterocycles. The van der Waals surface area contributed by atoms with Crippen molar-refractivity contribution >= 4 is 29.0 Å². The monoisotopic (exact) mass is 468 g/mol. The Labute approximate surface area is 200 Å². The van der Waals surface area contributed by atoms with Crippen molar-refractivity contribution in [2.24, 2.45) is 9.98 Å². The van der Waals surface area contributed by atoms with Crippen LogP contribution in [0.3, 0.4) is 0 Å². The van der Waals surface area contributed by atoms with Crippen molar-refractivity contribution in [2.45, 2.75) is 18.9 Å². The maximum atomic E-state index is 13.4. The zero-order chi connectivity index (χ0) is 23.8. The summed E-state index contributed by atoms with van der Waals surface area (Å²) >= 11 is 0. The van der Waals surface area contributed by atoms with Gasteiger partial charge in [0.1, 0.15) is 0 Å². The van der Waals surface area contributed by atoms with Gasteiger partial charge in [0.15, 0.2) is 11.5 Å². The van der Waals surface area contributed by atoms with Crippen LogP contribution in [0.15, 0.2) is 69.6 Å². The van der Waals surface area contributed by atoms with Gasteiger partial charge in [0.2, 0.25) is 0 Å². The number of nitrogens with zero attached hydrogens (tertiary/aromatic N) is 7. The number of para-hydroxylation sites is 2. The number of H-pyrrole nitrogens is 1. The SMILES string of the molecule is O=C(c1cc(-c2ccncc2)n(C2=NCCN=C2)n1)N1CCC(n2c(=O)[nH]c3ccccc32)CC1. The highest BCUT2D eigenvalue weighted by molar-refractivity contribution is 6.31. The molecule has 1 fully saturated rings. The lowest BCUT2D eigenvalue weighted by Crippen LogP contribution is -2.40. The van der Waals surface area contributed by atoms with Crippen LogP contribution in [0.2, 0.25) is 0 Å². The number of benzene rings is 1. The third-order valence-corrected chi connectivity index (χ3v) is 6.57. The van der Waals surface area contributed by atoms with Gasteiger partial charge in [0.05, 0.1) is 36.0 Å². The van der Waals surface area contributed by atoms with E-state index in [1.54, 1.807) is 29.4 Å². The molecular formula is C25H24N8O2. The quantitative estimate of drug-likeness (QED) is 0.497. The first-order valence-corrected chi connectivity index (χ1v) is 11.7. The molecule has 0 saturated carbocycles. The number of carbonyl (C=O) groups is 1. The molecule has 10 heteroatoms. The third kappa shape index (κ3) is 3.86. The van der Waals surface area contributed by atoms with E-state index in [1.807, 2.05) is 45.9 Å². The third-order valence-electron chi connectivity index (χ3n) is 6.57. The second-order valence-corrected chi connectivity index (χ2v) is 8.68. The summed E-state index contributed by atoms with van der Waals surface area (Å²) in [7, 11) is 0. The Hall–Kier alpha value is -4.34. The Balaban J connectivity index is 1.25. The normalized spacial score (nSPS) is 16.6. The summed E-state index contributed by atoms with van der Waals surface area (Å²) in [5, 5.41) is 4.63. The molecule has 4 aromatic rings. The number of piperidine rings is 1. The molecule has 6 rings (SSSR count). The zero-order valence-electron chi connectivity index (χ0n) is 19.0. The highest BCUT2D eigenvalue weighted by atomic mass is 16.2. The lowest BCUT2D eigenvalue weighted by atomic mass is 10.0. The number of hydrogen-bond donors (Lipinski definition) is 1. The van der Waals surface area contributed by atoms with Crippen LogP contribution in [0.5, 0.6) is 0 Å². The number of rotatable bonds is 3. The number of fused-ring (bicyclic) bond motifs is 1. The molecule has 2 aliphatic rings. The Morgan fingerprint density at radius 3 is 2.60 bits per heavy atom. The van der Waals surface area contributed by atoms with Crippen LogP contribution in [-0.2, 0) is 0 Å². The van der Waals surface area contributed by atoms with Crippen molar-refractivity contribution in [1.29, 1.82) is 0 Å². The van der Waals surface area contributed by atoms with Crippen LogP contribution in [0, 0.1) is 0 Å². The van der Waals surface area contributed by atoms with Gasteiger partial charge < -0.3 is 9.88 Å². The molecule has 0 atom stereocenters. The van der Waals surface area contributed by atoms with Crippen molar-refractivity contribution in [3.63, 3.8) is 0 Å². The number of pyridine rings is 1. The molecule has 0 aliphatic carbocycles. The van der Waals surface area contributed by atoms with Crippen LogP contribution < -0.4 is 5.69 Å². The van der Waals surface area contributed by atoms with Crippen LogP contribution in [0.1, 0.15) is 29.4 Å². The fourth-order valence-electron chi connectivity index (χ4n) is 4.85. The van der Waals surface area contributed by atoms with Crippen molar-refractivity contribution in [1.82, 2.24) is 29.2 Å². The minimum Gasteiger partial charge on any atom is -0.337 e. The summed E-state index contributed by atoms with van der Waals surface area (Å²) in [5.74, 6) is 0.483. The average molecular weight is 469 g/mol. The highest BCUT2D eigenvalue weighted by Crippen LogP contribution is 2.27. The lowest BCUT2D eigenvalue weighted by molar-refractivity contribution is 0.0688. The second-order valence-electron chi connectivity index (χ2n) is 8.68. The molecule has 35 heavy (non-hydrogen) atoms. The van der Waals surface area contributed by atoms with Gasteiger partial charge in [-0.05, 0) is 43.2 Å². The van der Waals surface area contributed by atoms with Gasteiger partial charge in [-0.25, -0.2) is 9.48 Å². The van der Waals surface area contributed by atoms with Gasteiger partial charge in [-0.15, -0.1) is 0 Å². The molecule has 5 heterocycles. The largest absolute Gasteiger partial charge is 0.337 e. The van der Waals surface area contributed by atoms with Crippen LogP contribution in [0.4, 0.5) is 0 Å². The van der Waals surface area contributed by atoms with Gasteiger partial charge in [0.25, 0.3) is 5.91 Å². The van der Waals surface area contributed by atoms with E-state index in [0.717, 1.165) is 22.3 Å². The number of aliphatic imine (C=N–C) groups is 2. The standard InChI is InChI=1S/C25H24N8O2/c34-24(31-13-7-18(8-14-31)32-21-4-2-1-3-19(21)29-25(32)35)20-15-22(17-5-9-26-10-6-17)33(30-20)23-16-27-11-12-28-23/h1-6,9-10,15-16,18H,7-8,11-14H2,(H,29,35). The number of likely N-dealkylation sites (tertiary alicyclic amines) is 1. The predicted molar refractivity (Wildman–Crippen MR) is 133 cm³/mol. The molecule has 0 bridgehead atoms. The maximum Gasteiger partial charge on any atom is 0.326 e. The summed E-state index contributed by atoms with van der Waals surface area (Å²) in [4.78, 5) is 43.7. The summed E-state index contributed by atoms with van der Waals surface area (Å²) in [6, 6.07) is 13.3. The second kappa shape index (κ2) is 8.79. The molecule has 10 nitrogen and oxygen atoms in total. The van der Waals surface area contributed by atoms with Gasteiger partial charge in [-0.1, -0.05) is 12.1 Å². The topological polar surface area (TPSA) is 114 Å². The first-order chi connectivity index (χ1) is 17.2. The molecule has 0 spiro atoms. The van der Waals surface area contributed by atoms with Crippen molar-refractivity contribution in [3.05, 3.63) is 71.0 Å². The minimum absolute atomic E-state index is 0.0421. The van der Waals surface area contributed by atoms with E-state index < -0.39 is 0 Å². The fraction of sp³-hybridized carbons (Fsp3) is 0.280. The average Bonchev–Trinajstić information content (AvgIpc) is 3.50.